The minimum atomic E-state index is -0.0246. The van der Waals surface area contributed by atoms with Crippen LogP contribution >= 0.6 is 0 Å². The van der Waals surface area contributed by atoms with Crippen LogP contribution in [0.25, 0.3) is 0 Å². The van der Waals surface area contributed by atoms with Crippen molar-refractivity contribution in [2.75, 3.05) is 9.80 Å². The molecule has 0 saturated carbocycles. The fourth-order valence-electron chi connectivity index (χ4n) is 5.39. The quantitative estimate of drug-likeness (QED) is 0.218. The molecule has 0 unspecified atom stereocenters. The maximum Gasteiger partial charge on any atom is 0.0499 e. The normalized spacial score (nSPS) is 11.8. The first-order chi connectivity index (χ1) is 19.1. The van der Waals surface area contributed by atoms with Crippen molar-refractivity contribution in [1.82, 2.24) is 0 Å². The first-order valence-corrected chi connectivity index (χ1v) is 14.1. The summed E-state index contributed by atoms with van der Waals surface area (Å²) in [4.78, 5) is 4.78. The second-order valence-corrected chi connectivity index (χ2v) is 12.4. The van der Waals surface area contributed by atoms with Crippen molar-refractivity contribution in [3.05, 3.63) is 145 Å². The van der Waals surface area contributed by atoms with Crippen molar-refractivity contribution >= 4 is 34.1 Å². The number of hydrogen-bond acceptors (Lipinski definition) is 2. The molecule has 0 atom stereocenters. The predicted molar refractivity (Wildman–Crippen MR) is 173 cm³/mol. The van der Waals surface area contributed by atoms with E-state index in [0.717, 1.165) is 22.7 Å². The van der Waals surface area contributed by atoms with Gasteiger partial charge in [-0.1, -0.05) is 120 Å². The largest absolute Gasteiger partial charge is 0.310 e. The first kappa shape index (κ1) is 27.3. The van der Waals surface area contributed by atoms with Crippen LogP contribution in [0, 0.1) is 0 Å². The van der Waals surface area contributed by atoms with Gasteiger partial charge in [0.1, 0.15) is 0 Å². The molecule has 5 aromatic carbocycles. The maximum atomic E-state index is 2.46. The molecule has 2 nitrogen and oxygen atoms in total. The van der Waals surface area contributed by atoms with E-state index < -0.39 is 0 Å². The van der Waals surface area contributed by atoms with Crippen LogP contribution in [0.3, 0.4) is 0 Å². The van der Waals surface area contributed by atoms with Crippen molar-refractivity contribution in [3.8, 4) is 0 Å². The molecule has 0 aliphatic carbocycles. The Morgan fingerprint density at radius 1 is 0.350 bits per heavy atom. The molecular weight excluding hydrogens is 484 g/mol. The van der Waals surface area contributed by atoms with Crippen LogP contribution in [-0.2, 0) is 10.8 Å². The molecule has 0 saturated heterocycles. The summed E-state index contributed by atoms with van der Waals surface area (Å²) in [6, 6.07) is 47.8. The molecule has 0 radical (unpaired) electrons. The number of anilines is 6. The van der Waals surface area contributed by atoms with E-state index in [1.54, 1.807) is 0 Å². The van der Waals surface area contributed by atoms with Gasteiger partial charge in [0.2, 0.25) is 0 Å². The minimum Gasteiger partial charge on any atom is -0.310 e. The Kier molecular flexibility index (Phi) is 7.54. The second kappa shape index (κ2) is 11.1. The summed E-state index contributed by atoms with van der Waals surface area (Å²) < 4.78 is 0. The third-order valence-electron chi connectivity index (χ3n) is 7.28. The average Bonchev–Trinajstić information content (AvgIpc) is 2.94. The summed E-state index contributed by atoms with van der Waals surface area (Å²) in [5.41, 5.74) is 9.48. The van der Waals surface area contributed by atoms with Gasteiger partial charge in [0.05, 0.1) is 0 Å². The van der Waals surface area contributed by atoms with Crippen LogP contribution in [0.2, 0.25) is 0 Å². The fourth-order valence-corrected chi connectivity index (χ4v) is 5.39. The van der Waals surface area contributed by atoms with Gasteiger partial charge >= 0.3 is 0 Å². The Bertz CT molecular complexity index is 1460. The molecular formula is C38H40N2. The van der Waals surface area contributed by atoms with Gasteiger partial charge in [-0.05, 0) is 76.6 Å². The van der Waals surface area contributed by atoms with Crippen molar-refractivity contribution in [3.63, 3.8) is 0 Å². The Hall–Kier alpha value is -4.30. The molecule has 0 aliphatic rings. The molecule has 2 heteroatoms. The van der Waals surface area contributed by atoms with E-state index in [9.17, 15) is 0 Å². The molecule has 0 aromatic heterocycles. The number of nitrogens with zero attached hydrogens (tertiary/aromatic N) is 2. The molecule has 5 aromatic rings. The zero-order valence-corrected chi connectivity index (χ0v) is 24.6. The molecule has 202 valence electrons. The molecule has 0 heterocycles. The fraction of sp³-hybridized carbons (Fsp3) is 0.211. The Morgan fingerprint density at radius 2 is 0.700 bits per heavy atom. The van der Waals surface area contributed by atoms with Gasteiger partial charge in [-0.25, -0.2) is 0 Å². The van der Waals surface area contributed by atoms with Crippen LogP contribution in [0.4, 0.5) is 34.1 Å². The summed E-state index contributed by atoms with van der Waals surface area (Å²) in [6.45, 7) is 13.8. The third kappa shape index (κ3) is 5.67. The van der Waals surface area contributed by atoms with E-state index >= 15 is 0 Å². The predicted octanol–water partition coefficient (Wildman–Crippen LogP) is 11.2. The summed E-state index contributed by atoms with van der Waals surface area (Å²) >= 11 is 0. The SMILES string of the molecule is CC(C)(C)c1ccccc1N(c1cccc(N(c2ccccc2)c2ccccc2)c1)c1ccccc1C(C)(C)C. The highest BCUT2D eigenvalue weighted by atomic mass is 15.2. The van der Waals surface area contributed by atoms with Gasteiger partial charge in [-0.15, -0.1) is 0 Å². The van der Waals surface area contributed by atoms with Crippen LogP contribution in [-0.4, -0.2) is 0 Å². The molecule has 0 bridgehead atoms. The van der Waals surface area contributed by atoms with E-state index in [0.29, 0.717) is 0 Å². The molecule has 5 rings (SSSR count). The average molecular weight is 525 g/mol. The zero-order valence-electron chi connectivity index (χ0n) is 24.6. The van der Waals surface area contributed by atoms with Gasteiger partial charge in [0.25, 0.3) is 0 Å². The van der Waals surface area contributed by atoms with E-state index in [-0.39, 0.29) is 10.8 Å². The monoisotopic (exact) mass is 524 g/mol. The Morgan fingerprint density at radius 3 is 1.12 bits per heavy atom. The first-order valence-electron chi connectivity index (χ1n) is 14.1. The lowest BCUT2D eigenvalue weighted by molar-refractivity contribution is 0.587. The van der Waals surface area contributed by atoms with Gasteiger partial charge in [0.15, 0.2) is 0 Å². The summed E-state index contributed by atoms with van der Waals surface area (Å²) in [5.74, 6) is 0. The van der Waals surface area contributed by atoms with Crippen molar-refractivity contribution < 1.29 is 0 Å². The lowest BCUT2D eigenvalue weighted by Crippen LogP contribution is -2.22. The molecule has 0 aliphatic heterocycles. The Labute approximate surface area is 240 Å². The minimum absolute atomic E-state index is 0.0246. The van der Waals surface area contributed by atoms with Crippen LogP contribution in [0.15, 0.2) is 133 Å². The van der Waals surface area contributed by atoms with Crippen LogP contribution in [0.1, 0.15) is 52.7 Å². The van der Waals surface area contributed by atoms with Gasteiger partial charge < -0.3 is 9.80 Å². The zero-order chi connectivity index (χ0) is 28.3. The number of hydrogen-bond donors (Lipinski definition) is 0. The maximum absolute atomic E-state index is 2.46. The van der Waals surface area contributed by atoms with E-state index in [1.165, 1.54) is 22.5 Å². The Balaban J connectivity index is 1.77. The van der Waals surface area contributed by atoms with Crippen LogP contribution in [0.5, 0.6) is 0 Å². The van der Waals surface area contributed by atoms with Gasteiger partial charge in [-0.3, -0.25) is 0 Å². The standard InChI is InChI=1S/C38H40N2/c1-37(2,3)33-24-13-15-26-35(33)40(36-27-16-14-25-34(36)38(4,5)6)32-23-17-22-31(28-32)39(29-18-9-7-10-19-29)30-20-11-8-12-21-30/h7-28H,1-6H3. The smallest absolute Gasteiger partial charge is 0.0499 e. The summed E-state index contributed by atoms with van der Waals surface area (Å²) in [5, 5.41) is 0. The molecule has 0 amide bonds. The van der Waals surface area contributed by atoms with E-state index in [1.807, 2.05) is 0 Å². The van der Waals surface area contributed by atoms with Gasteiger partial charge in [-0.2, -0.15) is 0 Å². The highest BCUT2D eigenvalue weighted by Gasteiger charge is 2.27. The van der Waals surface area contributed by atoms with Crippen molar-refractivity contribution in [2.45, 2.75) is 52.4 Å². The molecule has 0 spiro atoms. The second-order valence-electron chi connectivity index (χ2n) is 12.4. The van der Waals surface area contributed by atoms with E-state index in [4.69, 9.17) is 0 Å². The topological polar surface area (TPSA) is 6.48 Å². The molecule has 0 fully saturated rings. The lowest BCUT2D eigenvalue weighted by Gasteiger charge is -2.36. The number of benzene rings is 5. The summed E-state index contributed by atoms with van der Waals surface area (Å²) in [6.07, 6.45) is 0. The van der Waals surface area contributed by atoms with Crippen molar-refractivity contribution in [2.24, 2.45) is 0 Å². The van der Waals surface area contributed by atoms with E-state index in [2.05, 4.69) is 185 Å². The highest BCUT2D eigenvalue weighted by molar-refractivity contribution is 5.85. The highest BCUT2D eigenvalue weighted by Crippen LogP contribution is 2.46. The van der Waals surface area contributed by atoms with Crippen LogP contribution < -0.4 is 9.80 Å². The molecule has 40 heavy (non-hydrogen) atoms. The lowest BCUT2D eigenvalue weighted by atomic mass is 9.83. The third-order valence-corrected chi connectivity index (χ3v) is 7.28. The van der Waals surface area contributed by atoms with Gasteiger partial charge in [0, 0.05) is 34.1 Å². The number of rotatable bonds is 6. The number of para-hydroxylation sites is 4. The van der Waals surface area contributed by atoms with Crippen molar-refractivity contribution in [1.29, 1.82) is 0 Å². The summed E-state index contributed by atoms with van der Waals surface area (Å²) in [7, 11) is 0. The molecule has 0 N–H and O–H groups in total.